The van der Waals surface area contributed by atoms with E-state index in [-0.39, 0.29) is 29.5 Å². The Morgan fingerprint density at radius 1 is 0.930 bits per heavy atom. The molecule has 5 rings (SSSR count). The highest BCUT2D eigenvalue weighted by Crippen LogP contribution is 2.37. The van der Waals surface area contributed by atoms with E-state index in [0.717, 1.165) is 29.6 Å². The molecular formula is C32H35F3N4O3S. The predicted molar refractivity (Wildman–Crippen MR) is 163 cm³/mol. The number of hydrogen-bond donors (Lipinski definition) is 1. The van der Waals surface area contributed by atoms with Crippen molar-refractivity contribution in [1.82, 2.24) is 15.5 Å². The molecule has 43 heavy (non-hydrogen) atoms. The normalized spacial score (nSPS) is 17.4. The van der Waals surface area contributed by atoms with E-state index in [1.165, 1.54) is 12.1 Å². The van der Waals surface area contributed by atoms with Crippen LogP contribution in [0.4, 0.5) is 19.0 Å². The van der Waals surface area contributed by atoms with Crippen LogP contribution >= 0.6 is 0 Å². The van der Waals surface area contributed by atoms with Gasteiger partial charge in [0.05, 0.1) is 5.69 Å². The second kappa shape index (κ2) is 11.8. The smallest absolute Gasteiger partial charge is 0.488 e. The van der Waals surface area contributed by atoms with Crippen molar-refractivity contribution in [1.29, 1.82) is 0 Å². The lowest BCUT2D eigenvalue weighted by Gasteiger charge is -2.49. The van der Waals surface area contributed by atoms with E-state index < -0.39 is 16.6 Å². The Kier molecular flexibility index (Phi) is 8.41. The molecule has 1 N–H and O–H groups in total. The van der Waals surface area contributed by atoms with Gasteiger partial charge < -0.3 is 19.1 Å². The lowest BCUT2D eigenvalue weighted by molar-refractivity contribution is -0.0437. The number of halogens is 3. The summed E-state index contributed by atoms with van der Waals surface area (Å²) in [6.07, 6.45) is 1.92. The molecular weight excluding hydrogens is 577 g/mol. The van der Waals surface area contributed by atoms with Gasteiger partial charge in [-0.3, -0.25) is 0 Å². The van der Waals surface area contributed by atoms with Crippen LogP contribution in [-0.4, -0.2) is 44.1 Å². The van der Waals surface area contributed by atoms with Crippen LogP contribution in [0.2, 0.25) is 0 Å². The van der Waals surface area contributed by atoms with E-state index in [4.69, 9.17) is 4.74 Å². The first-order valence-electron chi connectivity index (χ1n) is 14.0. The topological polar surface area (TPSA) is 76.6 Å². The number of rotatable bonds is 8. The third kappa shape index (κ3) is 7.45. The maximum atomic E-state index is 12.8. The van der Waals surface area contributed by atoms with Gasteiger partial charge in [-0.15, -0.1) is 10.2 Å². The number of fused-ring (bicyclic) bond motifs is 1. The van der Waals surface area contributed by atoms with Crippen LogP contribution in [0.1, 0.15) is 46.1 Å². The quantitative estimate of drug-likeness (QED) is 0.226. The molecule has 228 valence electrons. The summed E-state index contributed by atoms with van der Waals surface area (Å²) in [5.41, 5.74) is -2.80. The molecule has 2 heterocycles. The zero-order valence-electron chi connectivity index (χ0n) is 24.7. The van der Waals surface area contributed by atoms with Crippen LogP contribution in [0.5, 0.6) is 11.5 Å². The van der Waals surface area contributed by atoms with Crippen LogP contribution in [0.25, 0.3) is 22.0 Å². The summed E-state index contributed by atoms with van der Waals surface area (Å²) >= 11 is -3.47. The van der Waals surface area contributed by atoms with Crippen molar-refractivity contribution in [3.8, 4) is 22.8 Å². The van der Waals surface area contributed by atoms with Crippen LogP contribution in [0, 0.1) is 0 Å². The zero-order valence-corrected chi connectivity index (χ0v) is 25.6. The van der Waals surface area contributed by atoms with E-state index in [9.17, 15) is 17.4 Å². The number of aromatic nitrogens is 2. The van der Waals surface area contributed by atoms with Gasteiger partial charge in [0.15, 0.2) is 5.82 Å². The molecule has 7 nitrogen and oxygen atoms in total. The van der Waals surface area contributed by atoms with Crippen molar-refractivity contribution in [2.24, 2.45) is 0 Å². The van der Waals surface area contributed by atoms with Gasteiger partial charge in [-0.25, -0.2) is 4.21 Å². The SMILES string of the molecule is CN(c1ccc(-c2cc3ccc(OS(=O)C(F)(F)F)cc3cc2OCc2ccccc2)nn1)C1CC(C)(C)NC(C)(C)C1. The van der Waals surface area contributed by atoms with E-state index in [1.54, 1.807) is 12.1 Å². The van der Waals surface area contributed by atoms with Crippen LogP contribution in [0.15, 0.2) is 72.8 Å². The van der Waals surface area contributed by atoms with Crippen molar-refractivity contribution in [3.63, 3.8) is 0 Å². The molecule has 0 aliphatic carbocycles. The van der Waals surface area contributed by atoms with E-state index in [0.29, 0.717) is 22.4 Å². The lowest BCUT2D eigenvalue weighted by Crippen LogP contribution is -2.62. The minimum Gasteiger partial charge on any atom is -0.488 e. The maximum Gasteiger partial charge on any atom is 0.508 e. The fourth-order valence-electron chi connectivity index (χ4n) is 5.88. The fraction of sp³-hybridized carbons (Fsp3) is 0.375. The molecule has 1 aliphatic rings. The third-order valence-electron chi connectivity index (χ3n) is 7.51. The Bertz CT molecular complexity index is 1600. The number of anilines is 1. The van der Waals surface area contributed by atoms with E-state index >= 15 is 0 Å². The molecule has 0 amide bonds. The van der Waals surface area contributed by atoms with Gasteiger partial charge >= 0.3 is 16.6 Å². The van der Waals surface area contributed by atoms with Crippen LogP contribution in [-0.2, 0) is 17.7 Å². The van der Waals surface area contributed by atoms with Gasteiger partial charge in [-0.05, 0) is 93.3 Å². The first-order chi connectivity index (χ1) is 20.2. The lowest BCUT2D eigenvalue weighted by atomic mass is 9.79. The molecule has 4 aromatic rings. The highest BCUT2D eigenvalue weighted by Gasteiger charge is 2.40. The summed E-state index contributed by atoms with van der Waals surface area (Å²) in [6, 6.07) is 21.7. The van der Waals surface area contributed by atoms with Crippen molar-refractivity contribution < 1.29 is 26.3 Å². The Hall–Kier alpha value is -3.70. The van der Waals surface area contributed by atoms with Gasteiger partial charge in [0, 0.05) is 29.7 Å². The van der Waals surface area contributed by atoms with Crippen LogP contribution in [0.3, 0.4) is 0 Å². The molecule has 1 fully saturated rings. The Balaban J connectivity index is 1.46. The maximum absolute atomic E-state index is 12.8. The van der Waals surface area contributed by atoms with Crippen molar-refractivity contribution in [2.45, 2.75) is 69.8 Å². The second-order valence-corrected chi connectivity index (χ2v) is 13.3. The minimum absolute atomic E-state index is 0.0170. The first kappa shape index (κ1) is 30.7. The Morgan fingerprint density at radius 2 is 1.63 bits per heavy atom. The van der Waals surface area contributed by atoms with Gasteiger partial charge in [0.1, 0.15) is 18.1 Å². The number of hydrogen-bond acceptors (Lipinski definition) is 7. The van der Waals surface area contributed by atoms with Gasteiger partial charge in [0.2, 0.25) is 0 Å². The van der Waals surface area contributed by atoms with Gasteiger partial charge in [0.25, 0.3) is 0 Å². The summed E-state index contributed by atoms with van der Waals surface area (Å²) in [5.74, 6) is 1.07. The number of nitrogens with one attached hydrogen (secondary N) is 1. The van der Waals surface area contributed by atoms with Crippen molar-refractivity contribution in [2.75, 3.05) is 11.9 Å². The molecule has 1 aliphatic heterocycles. The molecule has 0 saturated carbocycles. The van der Waals surface area contributed by atoms with Crippen LogP contribution < -0.4 is 19.1 Å². The summed E-state index contributed by atoms with van der Waals surface area (Å²) in [5, 5.41) is 14.1. The molecule has 0 bridgehead atoms. The Morgan fingerprint density at radius 3 is 2.26 bits per heavy atom. The average molecular weight is 613 g/mol. The number of nitrogens with zero attached hydrogens (tertiary/aromatic N) is 3. The standard InChI is InChI=1S/C32H35F3N4O3S/c1-30(2)18-24(19-31(3,4)38-30)39(5)29-14-13-27(36-37-29)26-16-22-11-12-25(42-43(40)32(33,34)35)15-23(22)17-28(26)41-20-21-9-7-6-8-10-21/h6-17,24,38H,18-20H2,1-5H3. The third-order valence-corrected chi connectivity index (χ3v) is 8.23. The molecule has 1 unspecified atom stereocenters. The van der Waals surface area contributed by atoms with E-state index in [1.807, 2.05) is 55.6 Å². The van der Waals surface area contributed by atoms with Gasteiger partial charge in [-0.1, -0.05) is 36.4 Å². The predicted octanol–water partition coefficient (Wildman–Crippen LogP) is 7.18. The average Bonchev–Trinajstić information content (AvgIpc) is 2.93. The summed E-state index contributed by atoms with van der Waals surface area (Å²) < 4.78 is 60.8. The zero-order chi connectivity index (χ0) is 31.0. The van der Waals surface area contributed by atoms with Crippen molar-refractivity contribution >= 4 is 27.7 Å². The number of alkyl halides is 3. The molecule has 1 saturated heterocycles. The monoisotopic (exact) mass is 612 g/mol. The second-order valence-electron chi connectivity index (χ2n) is 12.2. The summed E-state index contributed by atoms with van der Waals surface area (Å²) in [4.78, 5) is 2.18. The van der Waals surface area contributed by atoms with Gasteiger partial charge in [-0.2, -0.15) is 13.2 Å². The number of piperidine rings is 1. The summed E-state index contributed by atoms with van der Waals surface area (Å²) in [7, 11) is 2.04. The van der Waals surface area contributed by atoms with Crippen molar-refractivity contribution in [3.05, 3.63) is 78.4 Å². The minimum atomic E-state index is -4.98. The molecule has 1 atom stereocenters. The molecule has 11 heteroatoms. The molecule has 0 radical (unpaired) electrons. The van der Waals surface area contributed by atoms with E-state index in [2.05, 4.69) is 52.3 Å². The highest BCUT2D eigenvalue weighted by molar-refractivity contribution is 7.81. The summed E-state index contributed by atoms with van der Waals surface area (Å²) in [6.45, 7) is 9.12. The molecule has 3 aromatic carbocycles. The number of ether oxygens (including phenoxy) is 1. The highest BCUT2D eigenvalue weighted by atomic mass is 32.2. The first-order valence-corrected chi connectivity index (χ1v) is 15.0. The Labute approximate surface area is 252 Å². The fourth-order valence-corrected chi connectivity index (χ4v) is 6.26. The molecule has 1 aromatic heterocycles. The molecule has 0 spiro atoms. The largest absolute Gasteiger partial charge is 0.508 e. The number of benzene rings is 3.